The number of halogens is 1. The molecule has 1 aromatic rings. The topological polar surface area (TPSA) is 17.1 Å². The highest BCUT2D eigenvalue weighted by molar-refractivity contribution is 9.11. The maximum absolute atomic E-state index is 12.0. The molecule has 0 aliphatic heterocycles. The number of carbonyl (C=O) groups excluding carboxylic acids is 1. The highest BCUT2D eigenvalue weighted by Gasteiger charge is 2.20. The molecule has 1 aromatic heterocycles. The average Bonchev–Trinajstić information content (AvgIpc) is 2.73. The minimum absolute atomic E-state index is 0.281. The predicted octanol–water partition coefficient (Wildman–Crippen LogP) is 5.01. The first kappa shape index (κ1) is 13.6. The lowest BCUT2D eigenvalue weighted by Crippen LogP contribution is -2.17. The van der Waals surface area contributed by atoms with Crippen LogP contribution in [0.25, 0.3) is 0 Å². The highest BCUT2D eigenvalue weighted by atomic mass is 79.9. The van der Waals surface area contributed by atoms with Crippen LogP contribution in [0.5, 0.6) is 0 Å². The van der Waals surface area contributed by atoms with Gasteiger partial charge < -0.3 is 0 Å². The van der Waals surface area contributed by atoms with Gasteiger partial charge in [0.05, 0.1) is 14.4 Å². The Labute approximate surface area is 120 Å². The summed E-state index contributed by atoms with van der Waals surface area (Å²) in [5, 5.41) is 0.700. The molecule has 0 radical (unpaired) electrons. The molecule has 1 aliphatic rings. The van der Waals surface area contributed by atoms with Crippen molar-refractivity contribution in [3.63, 3.8) is 0 Å². The van der Waals surface area contributed by atoms with Crippen molar-refractivity contribution in [1.29, 1.82) is 0 Å². The predicted molar refractivity (Wildman–Crippen MR) is 80.2 cm³/mol. The molecule has 1 aliphatic carbocycles. The Bertz CT molecular complexity index is 389. The number of thioether (sulfide) groups is 1. The average molecular weight is 333 g/mol. The Morgan fingerprint density at radius 3 is 3.00 bits per heavy atom. The molecule has 2 atom stereocenters. The van der Waals surface area contributed by atoms with Gasteiger partial charge in [-0.25, -0.2) is 0 Å². The van der Waals surface area contributed by atoms with Gasteiger partial charge in [-0.05, 0) is 46.8 Å². The van der Waals surface area contributed by atoms with Crippen molar-refractivity contribution in [2.45, 2.75) is 37.9 Å². The number of hydrogen-bond acceptors (Lipinski definition) is 3. The van der Waals surface area contributed by atoms with Crippen LogP contribution in [-0.2, 0) is 0 Å². The van der Waals surface area contributed by atoms with Crippen LogP contribution >= 0.6 is 39.0 Å². The van der Waals surface area contributed by atoms with Gasteiger partial charge in [0, 0.05) is 5.25 Å². The number of thiophene rings is 1. The maximum Gasteiger partial charge on any atom is 0.182 e. The van der Waals surface area contributed by atoms with Gasteiger partial charge in [0.1, 0.15) is 0 Å². The highest BCUT2D eigenvalue weighted by Crippen LogP contribution is 2.32. The molecular formula is C13H17BrOS2. The number of rotatable bonds is 4. The van der Waals surface area contributed by atoms with Gasteiger partial charge in [0.15, 0.2) is 5.78 Å². The van der Waals surface area contributed by atoms with Crippen LogP contribution in [0.3, 0.4) is 0 Å². The molecule has 1 saturated carbocycles. The molecule has 1 nitrogen and oxygen atoms in total. The molecule has 0 saturated heterocycles. The number of carbonyl (C=O) groups is 1. The quantitative estimate of drug-likeness (QED) is 0.721. The van der Waals surface area contributed by atoms with Gasteiger partial charge >= 0.3 is 0 Å². The van der Waals surface area contributed by atoms with Crippen LogP contribution in [0.15, 0.2) is 15.9 Å². The summed E-state index contributed by atoms with van der Waals surface area (Å²) in [6, 6.07) is 3.87. The van der Waals surface area contributed by atoms with Crippen molar-refractivity contribution in [3.05, 3.63) is 20.8 Å². The van der Waals surface area contributed by atoms with E-state index in [0.29, 0.717) is 11.0 Å². The van der Waals surface area contributed by atoms with Gasteiger partial charge in [-0.15, -0.1) is 11.3 Å². The third-order valence-corrected chi connectivity index (χ3v) is 6.18. The summed E-state index contributed by atoms with van der Waals surface area (Å²) in [7, 11) is 0. The van der Waals surface area contributed by atoms with Crippen LogP contribution in [0, 0.1) is 5.92 Å². The van der Waals surface area contributed by atoms with Crippen molar-refractivity contribution < 1.29 is 4.79 Å². The minimum Gasteiger partial charge on any atom is -0.292 e. The van der Waals surface area contributed by atoms with E-state index < -0.39 is 0 Å². The van der Waals surface area contributed by atoms with Crippen molar-refractivity contribution >= 4 is 44.8 Å². The fourth-order valence-electron chi connectivity index (χ4n) is 2.26. The first-order chi connectivity index (χ1) is 8.15. The standard InChI is InChI=1S/C13H17BrOS2/c1-9-3-2-4-10(7-9)16-8-11(15)12-5-6-13(14)17-12/h5-6,9-10H,2-4,7-8H2,1H3. The van der Waals surface area contributed by atoms with Gasteiger partial charge in [0.25, 0.3) is 0 Å². The summed E-state index contributed by atoms with van der Waals surface area (Å²) in [6.45, 7) is 2.32. The molecule has 0 spiro atoms. The minimum atomic E-state index is 0.281. The van der Waals surface area contributed by atoms with Crippen molar-refractivity contribution in [3.8, 4) is 0 Å². The second-order valence-corrected chi connectivity index (χ2v) is 8.48. The Morgan fingerprint density at radius 2 is 2.35 bits per heavy atom. The van der Waals surface area contributed by atoms with Crippen molar-refractivity contribution in [2.75, 3.05) is 5.75 Å². The smallest absolute Gasteiger partial charge is 0.182 e. The summed E-state index contributed by atoms with van der Waals surface area (Å²) in [5.41, 5.74) is 0. The summed E-state index contributed by atoms with van der Waals surface area (Å²) < 4.78 is 1.04. The van der Waals surface area contributed by atoms with Gasteiger partial charge in [-0.1, -0.05) is 19.8 Å². The van der Waals surface area contributed by atoms with E-state index in [1.807, 2.05) is 23.9 Å². The SMILES string of the molecule is CC1CCCC(SCC(=O)c2ccc(Br)s2)C1. The second-order valence-electron chi connectivity index (χ2n) is 4.73. The monoisotopic (exact) mass is 332 g/mol. The van der Waals surface area contributed by atoms with Crippen LogP contribution in [0.1, 0.15) is 42.3 Å². The summed E-state index contributed by atoms with van der Waals surface area (Å²) in [5.74, 6) is 1.76. The summed E-state index contributed by atoms with van der Waals surface area (Å²) >= 11 is 6.79. The fraction of sp³-hybridized carbons (Fsp3) is 0.615. The molecule has 0 N–H and O–H groups in total. The van der Waals surface area contributed by atoms with E-state index in [-0.39, 0.29) is 5.78 Å². The van der Waals surface area contributed by atoms with Crippen LogP contribution in [0.2, 0.25) is 0 Å². The van der Waals surface area contributed by atoms with Crippen LogP contribution in [0.4, 0.5) is 0 Å². The Hall–Kier alpha value is 0.200. The summed E-state index contributed by atoms with van der Waals surface area (Å²) in [6.07, 6.45) is 5.27. The van der Waals surface area contributed by atoms with Crippen molar-refractivity contribution in [1.82, 2.24) is 0 Å². The van der Waals surface area contributed by atoms with E-state index in [1.165, 1.54) is 37.0 Å². The van der Waals surface area contributed by atoms with Gasteiger partial charge in [-0.2, -0.15) is 11.8 Å². The molecule has 0 amide bonds. The lowest BCUT2D eigenvalue weighted by atomic mass is 9.91. The third-order valence-electron chi connectivity index (χ3n) is 3.19. The van der Waals surface area contributed by atoms with Crippen LogP contribution < -0.4 is 0 Å². The molecule has 0 bridgehead atoms. The van der Waals surface area contributed by atoms with E-state index in [1.54, 1.807) is 0 Å². The maximum atomic E-state index is 12.0. The van der Waals surface area contributed by atoms with E-state index in [4.69, 9.17) is 0 Å². The zero-order valence-electron chi connectivity index (χ0n) is 9.95. The van der Waals surface area contributed by atoms with Gasteiger partial charge in [0.2, 0.25) is 0 Å². The van der Waals surface area contributed by atoms with E-state index in [9.17, 15) is 4.79 Å². The summed E-state index contributed by atoms with van der Waals surface area (Å²) in [4.78, 5) is 12.8. The normalized spacial score (nSPS) is 24.8. The Balaban J connectivity index is 1.80. The molecule has 0 aromatic carbocycles. The molecule has 2 rings (SSSR count). The lowest BCUT2D eigenvalue weighted by molar-refractivity contribution is 0.102. The Morgan fingerprint density at radius 1 is 1.53 bits per heavy atom. The number of ketones is 1. The van der Waals surface area contributed by atoms with Gasteiger partial charge in [-0.3, -0.25) is 4.79 Å². The zero-order valence-corrected chi connectivity index (χ0v) is 13.2. The molecule has 1 fully saturated rings. The molecule has 94 valence electrons. The first-order valence-electron chi connectivity index (χ1n) is 6.05. The second kappa shape index (κ2) is 6.39. The van der Waals surface area contributed by atoms with Crippen molar-refractivity contribution in [2.24, 2.45) is 5.92 Å². The fourth-order valence-corrected chi connectivity index (χ4v) is 5.01. The first-order valence-corrected chi connectivity index (χ1v) is 8.71. The van der Waals surface area contributed by atoms with Crippen LogP contribution in [-0.4, -0.2) is 16.8 Å². The molecule has 4 heteroatoms. The molecule has 1 heterocycles. The zero-order chi connectivity index (χ0) is 12.3. The number of hydrogen-bond donors (Lipinski definition) is 0. The third kappa shape index (κ3) is 4.11. The van der Waals surface area contributed by atoms with E-state index >= 15 is 0 Å². The molecule has 17 heavy (non-hydrogen) atoms. The van der Waals surface area contributed by atoms with E-state index in [0.717, 1.165) is 14.6 Å². The molecular weight excluding hydrogens is 316 g/mol. The lowest BCUT2D eigenvalue weighted by Gasteiger charge is -2.25. The molecule has 2 unspecified atom stereocenters. The van der Waals surface area contributed by atoms with E-state index in [2.05, 4.69) is 22.9 Å². The number of Topliss-reactive ketones (excluding diaryl/α,β-unsaturated/α-hetero) is 1. The largest absolute Gasteiger partial charge is 0.292 e. The Kier molecular flexibility index (Phi) is 5.12.